The SMILES string of the molecule is O=C(NCc1ccco1)c1ccc(-c2nc3ccc(Cl)cc3[nH]2)cc1. The average molecular weight is 352 g/mol. The summed E-state index contributed by atoms with van der Waals surface area (Å²) in [5.41, 5.74) is 3.20. The van der Waals surface area contributed by atoms with Crippen LogP contribution in [0.5, 0.6) is 0 Å². The molecular weight excluding hydrogens is 338 g/mol. The fraction of sp³-hybridized carbons (Fsp3) is 0.0526. The Balaban J connectivity index is 1.51. The quantitative estimate of drug-likeness (QED) is 0.572. The van der Waals surface area contributed by atoms with E-state index in [1.165, 1.54) is 0 Å². The van der Waals surface area contributed by atoms with E-state index in [1.807, 2.05) is 30.3 Å². The van der Waals surface area contributed by atoms with Gasteiger partial charge in [0.05, 0.1) is 23.8 Å². The molecule has 4 rings (SSSR count). The van der Waals surface area contributed by atoms with Crippen molar-refractivity contribution in [1.29, 1.82) is 0 Å². The third-order valence-corrected chi connectivity index (χ3v) is 4.10. The number of rotatable bonds is 4. The first-order valence-electron chi connectivity index (χ1n) is 7.75. The monoisotopic (exact) mass is 351 g/mol. The Hall–Kier alpha value is -3.05. The number of aromatic amines is 1. The number of furan rings is 1. The minimum absolute atomic E-state index is 0.153. The number of benzene rings is 2. The Morgan fingerprint density at radius 3 is 2.76 bits per heavy atom. The van der Waals surface area contributed by atoms with Crippen LogP contribution < -0.4 is 5.32 Å². The molecule has 0 radical (unpaired) electrons. The number of H-pyrrole nitrogens is 1. The fourth-order valence-electron chi connectivity index (χ4n) is 2.58. The van der Waals surface area contributed by atoms with Crippen molar-refractivity contribution in [3.63, 3.8) is 0 Å². The maximum absolute atomic E-state index is 12.2. The van der Waals surface area contributed by atoms with Gasteiger partial charge in [0, 0.05) is 16.1 Å². The highest BCUT2D eigenvalue weighted by Gasteiger charge is 2.09. The molecule has 5 nitrogen and oxygen atoms in total. The van der Waals surface area contributed by atoms with E-state index in [9.17, 15) is 4.79 Å². The number of imidazole rings is 1. The Bertz CT molecular complexity index is 1020. The molecule has 0 spiro atoms. The first-order valence-corrected chi connectivity index (χ1v) is 8.13. The molecule has 0 saturated heterocycles. The van der Waals surface area contributed by atoms with E-state index in [2.05, 4.69) is 15.3 Å². The van der Waals surface area contributed by atoms with Gasteiger partial charge in [-0.05, 0) is 42.5 Å². The van der Waals surface area contributed by atoms with Crippen molar-refractivity contribution in [2.45, 2.75) is 6.54 Å². The zero-order chi connectivity index (χ0) is 17.2. The summed E-state index contributed by atoms with van der Waals surface area (Å²) in [5.74, 6) is 1.30. The molecule has 2 N–H and O–H groups in total. The van der Waals surface area contributed by atoms with Crippen molar-refractivity contribution in [2.24, 2.45) is 0 Å². The second-order valence-corrected chi connectivity index (χ2v) is 6.02. The number of hydrogen-bond donors (Lipinski definition) is 2. The topological polar surface area (TPSA) is 70.9 Å². The molecule has 0 aliphatic carbocycles. The van der Waals surface area contributed by atoms with E-state index in [1.54, 1.807) is 30.5 Å². The first kappa shape index (κ1) is 15.5. The molecule has 2 heterocycles. The molecule has 0 aliphatic heterocycles. The van der Waals surface area contributed by atoms with Gasteiger partial charge in [-0.3, -0.25) is 4.79 Å². The number of amides is 1. The van der Waals surface area contributed by atoms with Gasteiger partial charge >= 0.3 is 0 Å². The Morgan fingerprint density at radius 1 is 1.16 bits per heavy atom. The molecule has 4 aromatic rings. The lowest BCUT2D eigenvalue weighted by molar-refractivity contribution is 0.0948. The highest BCUT2D eigenvalue weighted by molar-refractivity contribution is 6.31. The van der Waals surface area contributed by atoms with Crippen LogP contribution in [-0.4, -0.2) is 15.9 Å². The second-order valence-electron chi connectivity index (χ2n) is 5.59. The van der Waals surface area contributed by atoms with Crippen LogP contribution in [0.25, 0.3) is 22.4 Å². The summed E-state index contributed by atoms with van der Waals surface area (Å²) in [5, 5.41) is 3.48. The van der Waals surface area contributed by atoms with Crippen molar-refractivity contribution in [2.75, 3.05) is 0 Å². The normalized spacial score (nSPS) is 10.9. The lowest BCUT2D eigenvalue weighted by Gasteiger charge is -2.04. The van der Waals surface area contributed by atoms with Crippen LogP contribution in [0.3, 0.4) is 0 Å². The standard InChI is InChI=1S/C19H14ClN3O2/c20-14-7-8-16-17(10-14)23-18(22-16)12-3-5-13(6-4-12)19(24)21-11-15-2-1-9-25-15/h1-10H,11H2,(H,21,24)(H,22,23). The number of carbonyl (C=O) groups is 1. The summed E-state index contributed by atoms with van der Waals surface area (Å²) in [7, 11) is 0. The second kappa shape index (κ2) is 6.45. The Labute approximate surface area is 148 Å². The average Bonchev–Trinajstić information content (AvgIpc) is 3.29. The smallest absolute Gasteiger partial charge is 0.251 e. The predicted molar refractivity (Wildman–Crippen MR) is 96.4 cm³/mol. The van der Waals surface area contributed by atoms with Crippen LogP contribution in [-0.2, 0) is 6.54 Å². The number of hydrogen-bond acceptors (Lipinski definition) is 3. The summed E-state index contributed by atoms with van der Waals surface area (Å²) >= 11 is 6.00. The van der Waals surface area contributed by atoms with E-state index in [-0.39, 0.29) is 5.91 Å². The molecule has 0 fully saturated rings. The van der Waals surface area contributed by atoms with Gasteiger partial charge in [-0.15, -0.1) is 0 Å². The van der Waals surface area contributed by atoms with Gasteiger partial charge in [-0.2, -0.15) is 0 Å². The summed E-state index contributed by atoms with van der Waals surface area (Å²) in [6.07, 6.45) is 1.58. The lowest BCUT2D eigenvalue weighted by Crippen LogP contribution is -2.22. The molecule has 124 valence electrons. The maximum atomic E-state index is 12.2. The maximum Gasteiger partial charge on any atom is 0.251 e. The molecule has 2 aromatic carbocycles. The number of nitrogens with zero attached hydrogens (tertiary/aromatic N) is 1. The molecule has 0 saturated carbocycles. The van der Waals surface area contributed by atoms with E-state index in [0.29, 0.717) is 22.9 Å². The van der Waals surface area contributed by atoms with Gasteiger partial charge in [-0.25, -0.2) is 4.98 Å². The number of carbonyl (C=O) groups excluding carboxylic acids is 1. The minimum Gasteiger partial charge on any atom is -0.467 e. The highest BCUT2D eigenvalue weighted by Crippen LogP contribution is 2.23. The van der Waals surface area contributed by atoms with Crippen LogP contribution in [0.15, 0.2) is 65.3 Å². The number of aromatic nitrogens is 2. The molecule has 0 aliphatic rings. The lowest BCUT2D eigenvalue weighted by atomic mass is 10.1. The summed E-state index contributed by atoms with van der Waals surface area (Å²) in [6.45, 7) is 0.359. The van der Waals surface area contributed by atoms with Gasteiger partial charge in [0.1, 0.15) is 11.6 Å². The number of halogens is 1. The molecular formula is C19H14ClN3O2. The molecule has 25 heavy (non-hydrogen) atoms. The Morgan fingerprint density at radius 2 is 2.00 bits per heavy atom. The summed E-state index contributed by atoms with van der Waals surface area (Å²) in [4.78, 5) is 20.0. The molecule has 2 aromatic heterocycles. The van der Waals surface area contributed by atoms with Crippen LogP contribution in [0.2, 0.25) is 5.02 Å². The van der Waals surface area contributed by atoms with Crippen molar-refractivity contribution < 1.29 is 9.21 Å². The van der Waals surface area contributed by atoms with Crippen LogP contribution >= 0.6 is 11.6 Å². The van der Waals surface area contributed by atoms with Crippen molar-refractivity contribution in [3.8, 4) is 11.4 Å². The molecule has 0 unspecified atom stereocenters. The van der Waals surface area contributed by atoms with E-state index >= 15 is 0 Å². The van der Waals surface area contributed by atoms with Crippen LogP contribution in [0, 0.1) is 0 Å². The third kappa shape index (κ3) is 3.27. The van der Waals surface area contributed by atoms with Crippen molar-refractivity contribution in [3.05, 3.63) is 77.2 Å². The fourth-order valence-corrected chi connectivity index (χ4v) is 2.75. The number of nitrogens with one attached hydrogen (secondary N) is 2. The van der Waals surface area contributed by atoms with E-state index in [4.69, 9.17) is 16.0 Å². The van der Waals surface area contributed by atoms with E-state index in [0.717, 1.165) is 22.4 Å². The third-order valence-electron chi connectivity index (χ3n) is 3.87. The number of fused-ring (bicyclic) bond motifs is 1. The van der Waals surface area contributed by atoms with Gasteiger partial charge in [0.25, 0.3) is 5.91 Å². The van der Waals surface area contributed by atoms with Crippen molar-refractivity contribution in [1.82, 2.24) is 15.3 Å². The molecule has 0 bridgehead atoms. The van der Waals surface area contributed by atoms with Gasteiger partial charge < -0.3 is 14.7 Å². The summed E-state index contributed by atoms with van der Waals surface area (Å²) in [6, 6.07) is 16.4. The Kier molecular flexibility index (Phi) is 3.99. The zero-order valence-corrected chi connectivity index (χ0v) is 13.9. The predicted octanol–water partition coefficient (Wildman–Crippen LogP) is 4.41. The van der Waals surface area contributed by atoms with Gasteiger partial charge in [0.15, 0.2) is 0 Å². The van der Waals surface area contributed by atoms with Crippen LogP contribution in [0.1, 0.15) is 16.1 Å². The van der Waals surface area contributed by atoms with E-state index < -0.39 is 0 Å². The molecule has 0 atom stereocenters. The minimum atomic E-state index is -0.153. The van der Waals surface area contributed by atoms with Gasteiger partial charge in [-0.1, -0.05) is 23.7 Å². The highest BCUT2D eigenvalue weighted by atomic mass is 35.5. The summed E-state index contributed by atoms with van der Waals surface area (Å²) < 4.78 is 5.20. The zero-order valence-electron chi connectivity index (χ0n) is 13.1. The van der Waals surface area contributed by atoms with Crippen molar-refractivity contribution >= 4 is 28.5 Å². The van der Waals surface area contributed by atoms with Crippen LogP contribution in [0.4, 0.5) is 0 Å². The van der Waals surface area contributed by atoms with Gasteiger partial charge in [0.2, 0.25) is 0 Å². The molecule has 6 heteroatoms. The largest absolute Gasteiger partial charge is 0.467 e. The first-order chi connectivity index (χ1) is 12.2. The molecule has 1 amide bonds.